The molecule has 0 aromatic heterocycles. The standard InChI is InChI=1S/C34H42O5/c1-22(33(2,3)4)32(37)39-28-12-13-29(26-8-10-27(11-9-26)38-14-6-5-7-31(35)36)30(18-28)34-19-23-15-24(20-34)17-25(16-23)21-34/h8-13,18,23-25H,1,5-7,14-17,19-21H2,2-4H3,(H,35,36). The third-order valence-electron chi connectivity index (χ3n) is 9.18. The first-order valence-electron chi connectivity index (χ1n) is 14.5. The topological polar surface area (TPSA) is 72.8 Å². The predicted molar refractivity (Wildman–Crippen MR) is 153 cm³/mol. The van der Waals surface area contributed by atoms with E-state index in [1.54, 1.807) is 0 Å². The van der Waals surface area contributed by atoms with E-state index in [2.05, 4.69) is 30.8 Å². The summed E-state index contributed by atoms with van der Waals surface area (Å²) >= 11 is 0. The summed E-state index contributed by atoms with van der Waals surface area (Å²) in [6, 6.07) is 14.4. The molecule has 0 atom stereocenters. The summed E-state index contributed by atoms with van der Waals surface area (Å²) in [5.74, 6) is 2.65. The molecule has 4 aliphatic rings. The molecule has 0 unspecified atom stereocenters. The van der Waals surface area contributed by atoms with Crippen LogP contribution in [0.1, 0.15) is 84.1 Å². The van der Waals surface area contributed by atoms with Crippen LogP contribution in [0.2, 0.25) is 0 Å². The molecule has 0 aliphatic heterocycles. The van der Waals surface area contributed by atoms with Gasteiger partial charge >= 0.3 is 11.9 Å². The number of hydrogen-bond acceptors (Lipinski definition) is 4. The van der Waals surface area contributed by atoms with Crippen LogP contribution in [0.15, 0.2) is 54.6 Å². The Morgan fingerprint density at radius 3 is 2.08 bits per heavy atom. The van der Waals surface area contributed by atoms with Gasteiger partial charge in [0, 0.05) is 12.0 Å². The summed E-state index contributed by atoms with van der Waals surface area (Å²) in [4.78, 5) is 23.6. The first-order valence-corrected chi connectivity index (χ1v) is 14.5. The second kappa shape index (κ2) is 10.8. The highest BCUT2D eigenvalue weighted by Gasteiger charge is 2.52. The van der Waals surface area contributed by atoms with Crippen molar-refractivity contribution in [2.45, 2.75) is 84.0 Å². The molecule has 208 valence electrons. The number of carbonyl (C=O) groups is 2. The third-order valence-corrected chi connectivity index (χ3v) is 9.18. The number of esters is 1. The lowest BCUT2D eigenvalue weighted by atomic mass is 9.47. The number of rotatable bonds is 10. The number of aliphatic carboxylic acids is 1. The van der Waals surface area contributed by atoms with Crippen molar-refractivity contribution in [2.24, 2.45) is 23.2 Å². The summed E-state index contributed by atoms with van der Waals surface area (Å²) in [7, 11) is 0. The zero-order valence-corrected chi connectivity index (χ0v) is 23.6. The Balaban J connectivity index is 1.41. The van der Waals surface area contributed by atoms with Crippen LogP contribution in [0.5, 0.6) is 11.5 Å². The Bertz CT molecular complexity index is 1200. The monoisotopic (exact) mass is 530 g/mol. The SMILES string of the molecule is C=C(C(=O)Oc1ccc(-c2ccc(OCCCCC(=O)O)cc2)c(C23CC4CC(CC(C4)C2)C3)c1)C(C)(C)C. The lowest BCUT2D eigenvalue weighted by Gasteiger charge is -2.57. The van der Waals surface area contributed by atoms with Gasteiger partial charge in [0.2, 0.25) is 0 Å². The van der Waals surface area contributed by atoms with Crippen LogP contribution in [0.25, 0.3) is 11.1 Å². The van der Waals surface area contributed by atoms with Crippen molar-refractivity contribution in [2.75, 3.05) is 6.61 Å². The maximum atomic E-state index is 12.9. The quantitative estimate of drug-likeness (QED) is 0.146. The Morgan fingerprint density at radius 1 is 0.923 bits per heavy atom. The van der Waals surface area contributed by atoms with Gasteiger partial charge in [0.25, 0.3) is 0 Å². The van der Waals surface area contributed by atoms with Crippen LogP contribution in [0.3, 0.4) is 0 Å². The van der Waals surface area contributed by atoms with Crippen molar-refractivity contribution >= 4 is 11.9 Å². The number of carboxylic acid groups (broad SMARTS) is 1. The highest BCUT2D eigenvalue weighted by Crippen LogP contribution is 2.62. The zero-order valence-electron chi connectivity index (χ0n) is 23.6. The second-order valence-corrected chi connectivity index (χ2v) is 13.2. The lowest BCUT2D eigenvalue weighted by Crippen LogP contribution is -2.48. The molecule has 0 amide bonds. The molecule has 4 fully saturated rings. The Kier molecular flexibility index (Phi) is 7.63. The van der Waals surface area contributed by atoms with E-state index in [1.165, 1.54) is 49.7 Å². The molecule has 6 rings (SSSR count). The van der Waals surface area contributed by atoms with Crippen molar-refractivity contribution in [3.8, 4) is 22.6 Å². The smallest absolute Gasteiger partial charge is 0.339 e. The largest absolute Gasteiger partial charge is 0.494 e. The van der Waals surface area contributed by atoms with Gasteiger partial charge in [-0.05, 0) is 121 Å². The fourth-order valence-electron chi connectivity index (χ4n) is 7.49. The molecule has 0 heterocycles. The summed E-state index contributed by atoms with van der Waals surface area (Å²) in [5, 5.41) is 8.80. The van der Waals surface area contributed by atoms with Crippen molar-refractivity contribution in [3.05, 3.63) is 60.2 Å². The summed E-state index contributed by atoms with van der Waals surface area (Å²) in [5.41, 5.74) is 3.92. The third kappa shape index (κ3) is 6.08. The van der Waals surface area contributed by atoms with E-state index in [-0.39, 0.29) is 23.2 Å². The number of benzene rings is 2. The molecule has 0 spiro atoms. The van der Waals surface area contributed by atoms with Crippen molar-refractivity contribution in [1.82, 2.24) is 0 Å². The molecule has 5 heteroatoms. The number of ether oxygens (including phenoxy) is 2. The van der Waals surface area contributed by atoms with Gasteiger partial charge < -0.3 is 14.6 Å². The summed E-state index contributed by atoms with van der Waals surface area (Å²) < 4.78 is 11.8. The van der Waals surface area contributed by atoms with Gasteiger partial charge in [0.15, 0.2) is 0 Å². The lowest BCUT2D eigenvalue weighted by molar-refractivity contribution is -0.137. The predicted octanol–water partition coefficient (Wildman–Crippen LogP) is 7.96. The molecular formula is C34H42O5. The van der Waals surface area contributed by atoms with Gasteiger partial charge in [0.1, 0.15) is 11.5 Å². The van der Waals surface area contributed by atoms with E-state index in [1.807, 2.05) is 39.0 Å². The van der Waals surface area contributed by atoms with Crippen LogP contribution in [0, 0.1) is 23.2 Å². The molecule has 1 N–H and O–H groups in total. The minimum Gasteiger partial charge on any atom is -0.494 e. The van der Waals surface area contributed by atoms with Gasteiger partial charge in [-0.25, -0.2) is 4.79 Å². The molecule has 4 bridgehead atoms. The first-order chi connectivity index (χ1) is 18.5. The Labute approximate surface area is 232 Å². The van der Waals surface area contributed by atoms with Gasteiger partial charge in [-0.15, -0.1) is 0 Å². The van der Waals surface area contributed by atoms with E-state index in [0.717, 1.165) is 29.1 Å². The number of carbonyl (C=O) groups excluding carboxylic acids is 1. The van der Waals surface area contributed by atoms with Crippen LogP contribution >= 0.6 is 0 Å². The fourth-order valence-corrected chi connectivity index (χ4v) is 7.49. The highest BCUT2D eigenvalue weighted by molar-refractivity contribution is 5.91. The Morgan fingerprint density at radius 2 is 1.51 bits per heavy atom. The molecule has 2 aromatic carbocycles. The van der Waals surface area contributed by atoms with Crippen molar-refractivity contribution in [3.63, 3.8) is 0 Å². The number of carboxylic acids is 1. The van der Waals surface area contributed by atoms with E-state index in [4.69, 9.17) is 14.6 Å². The Hall–Kier alpha value is -3.08. The first kappa shape index (κ1) is 27.5. The minimum absolute atomic E-state index is 0.132. The van der Waals surface area contributed by atoms with Crippen molar-refractivity contribution < 1.29 is 24.2 Å². The van der Waals surface area contributed by atoms with Gasteiger partial charge in [-0.2, -0.15) is 0 Å². The van der Waals surface area contributed by atoms with Crippen LogP contribution in [-0.4, -0.2) is 23.7 Å². The highest BCUT2D eigenvalue weighted by atomic mass is 16.5. The molecule has 0 radical (unpaired) electrons. The van der Waals surface area contributed by atoms with Gasteiger partial charge in [-0.1, -0.05) is 45.5 Å². The van der Waals surface area contributed by atoms with E-state index < -0.39 is 5.97 Å². The average Bonchev–Trinajstić information content (AvgIpc) is 2.87. The minimum atomic E-state index is -0.769. The summed E-state index contributed by atoms with van der Waals surface area (Å²) in [6.45, 7) is 10.4. The molecule has 39 heavy (non-hydrogen) atoms. The van der Waals surface area contributed by atoms with Gasteiger partial charge in [0.05, 0.1) is 6.61 Å². The van der Waals surface area contributed by atoms with Crippen LogP contribution in [-0.2, 0) is 15.0 Å². The molecule has 4 aliphatic carbocycles. The molecule has 5 nitrogen and oxygen atoms in total. The van der Waals surface area contributed by atoms with Crippen molar-refractivity contribution in [1.29, 1.82) is 0 Å². The fraction of sp³-hybridized carbons (Fsp3) is 0.529. The number of unbranched alkanes of at least 4 members (excludes halogenated alkanes) is 1. The second-order valence-electron chi connectivity index (χ2n) is 13.2. The molecule has 2 aromatic rings. The van der Waals surface area contributed by atoms with Crippen LogP contribution in [0.4, 0.5) is 0 Å². The van der Waals surface area contributed by atoms with E-state index in [0.29, 0.717) is 30.8 Å². The number of hydrogen-bond donors (Lipinski definition) is 1. The van der Waals surface area contributed by atoms with Crippen LogP contribution < -0.4 is 9.47 Å². The normalized spacial score (nSPS) is 25.4. The van der Waals surface area contributed by atoms with E-state index in [9.17, 15) is 9.59 Å². The maximum absolute atomic E-state index is 12.9. The average molecular weight is 531 g/mol. The van der Waals surface area contributed by atoms with E-state index >= 15 is 0 Å². The molecule has 0 saturated heterocycles. The molecule has 4 saturated carbocycles. The van der Waals surface area contributed by atoms with Gasteiger partial charge in [-0.3, -0.25) is 4.79 Å². The maximum Gasteiger partial charge on any atom is 0.339 e. The molecular weight excluding hydrogens is 488 g/mol. The summed E-state index contributed by atoms with van der Waals surface area (Å²) in [6.07, 6.45) is 9.26. The zero-order chi connectivity index (χ0) is 27.8.